The fourth-order valence-corrected chi connectivity index (χ4v) is 3.27. The number of ether oxygens (including phenoxy) is 1. The molecule has 1 amide bonds. The van der Waals surface area contributed by atoms with Crippen LogP contribution in [0.3, 0.4) is 0 Å². The molecule has 1 aliphatic heterocycles. The molecule has 1 aliphatic carbocycles. The zero-order valence-electron chi connectivity index (χ0n) is 14.3. The van der Waals surface area contributed by atoms with Crippen LogP contribution in [0.15, 0.2) is 42.5 Å². The molecular weight excluding hydrogens is 336 g/mol. The molecule has 0 atom stereocenters. The van der Waals surface area contributed by atoms with Gasteiger partial charge in [0.05, 0.1) is 7.11 Å². The smallest absolute Gasteiger partial charge is 0.254 e. The van der Waals surface area contributed by atoms with Gasteiger partial charge in [0.15, 0.2) is 0 Å². The molecule has 0 aromatic heterocycles. The number of rotatable bonds is 5. The third-order valence-corrected chi connectivity index (χ3v) is 4.84. The summed E-state index contributed by atoms with van der Waals surface area (Å²) in [6.07, 6.45) is 2.21. The van der Waals surface area contributed by atoms with Crippen LogP contribution in [0.25, 0.3) is 0 Å². The standard InChI is InChI=1S/C20H22N2O2.ClH/c1-24-19-8-2-14(3-9-19)13-22(18-6-7-18)20(23)15-4-5-16-11-21-12-17(16)10-15;/h2-5,8-10,18,21H,6-7,11-13H2,1H3;1H. The van der Waals surface area contributed by atoms with Crippen LogP contribution in [0.2, 0.25) is 0 Å². The summed E-state index contributed by atoms with van der Waals surface area (Å²) in [6, 6.07) is 14.5. The van der Waals surface area contributed by atoms with Gasteiger partial charge in [-0.25, -0.2) is 0 Å². The van der Waals surface area contributed by atoms with E-state index in [-0.39, 0.29) is 18.3 Å². The first-order valence-electron chi connectivity index (χ1n) is 8.51. The molecule has 5 heteroatoms. The molecule has 1 fully saturated rings. The van der Waals surface area contributed by atoms with Crippen LogP contribution in [0.4, 0.5) is 0 Å². The van der Waals surface area contributed by atoms with Crippen LogP contribution in [-0.2, 0) is 19.6 Å². The first-order chi connectivity index (χ1) is 11.7. The number of halogens is 1. The Bertz CT molecular complexity index is 757. The maximum absolute atomic E-state index is 13.0. The number of carbonyl (C=O) groups excluding carboxylic acids is 1. The van der Waals surface area contributed by atoms with Crippen molar-refractivity contribution >= 4 is 18.3 Å². The van der Waals surface area contributed by atoms with Crippen molar-refractivity contribution in [1.29, 1.82) is 0 Å². The van der Waals surface area contributed by atoms with E-state index in [0.29, 0.717) is 12.6 Å². The van der Waals surface area contributed by atoms with Crippen LogP contribution >= 0.6 is 12.4 Å². The highest BCUT2D eigenvalue weighted by molar-refractivity contribution is 5.95. The predicted molar refractivity (Wildman–Crippen MR) is 100 cm³/mol. The average Bonchev–Trinajstić information content (AvgIpc) is 3.36. The highest BCUT2D eigenvalue weighted by Gasteiger charge is 2.33. The van der Waals surface area contributed by atoms with E-state index in [4.69, 9.17) is 4.74 Å². The molecule has 2 aliphatic rings. The second-order valence-electron chi connectivity index (χ2n) is 6.60. The van der Waals surface area contributed by atoms with Crippen LogP contribution in [0, 0.1) is 0 Å². The molecule has 2 aromatic rings. The SMILES string of the molecule is COc1ccc(CN(C(=O)c2ccc3c(c2)CNC3)C2CC2)cc1.Cl. The Balaban J connectivity index is 0.00000182. The van der Waals surface area contributed by atoms with Crippen LogP contribution in [0.5, 0.6) is 5.75 Å². The first-order valence-corrected chi connectivity index (χ1v) is 8.51. The highest BCUT2D eigenvalue weighted by Crippen LogP contribution is 2.30. The number of methoxy groups -OCH3 is 1. The van der Waals surface area contributed by atoms with Gasteiger partial charge in [-0.1, -0.05) is 18.2 Å². The molecule has 0 unspecified atom stereocenters. The molecule has 4 rings (SSSR count). The number of amides is 1. The molecule has 0 radical (unpaired) electrons. The maximum Gasteiger partial charge on any atom is 0.254 e. The summed E-state index contributed by atoms with van der Waals surface area (Å²) in [5, 5.41) is 3.33. The minimum atomic E-state index is 0. The minimum Gasteiger partial charge on any atom is -0.497 e. The zero-order chi connectivity index (χ0) is 16.5. The van der Waals surface area contributed by atoms with Gasteiger partial charge in [0.1, 0.15) is 5.75 Å². The summed E-state index contributed by atoms with van der Waals surface area (Å²) in [4.78, 5) is 15.1. The molecule has 132 valence electrons. The lowest BCUT2D eigenvalue weighted by molar-refractivity contribution is 0.0730. The van der Waals surface area contributed by atoms with Crippen molar-refractivity contribution in [3.05, 3.63) is 64.7 Å². The van der Waals surface area contributed by atoms with E-state index in [1.54, 1.807) is 7.11 Å². The topological polar surface area (TPSA) is 41.6 Å². The van der Waals surface area contributed by atoms with Gasteiger partial charge in [0.25, 0.3) is 5.91 Å². The fraction of sp³-hybridized carbons (Fsp3) is 0.350. The van der Waals surface area contributed by atoms with E-state index >= 15 is 0 Å². The summed E-state index contributed by atoms with van der Waals surface area (Å²) in [6.45, 7) is 2.42. The second-order valence-corrected chi connectivity index (χ2v) is 6.60. The third kappa shape index (κ3) is 3.80. The van der Waals surface area contributed by atoms with Crippen LogP contribution < -0.4 is 10.1 Å². The predicted octanol–water partition coefficient (Wildman–Crippen LogP) is 3.53. The quantitative estimate of drug-likeness (QED) is 0.889. The van der Waals surface area contributed by atoms with E-state index in [1.165, 1.54) is 11.1 Å². The number of carbonyl (C=O) groups is 1. The van der Waals surface area contributed by atoms with E-state index < -0.39 is 0 Å². The number of nitrogens with one attached hydrogen (secondary N) is 1. The Morgan fingerprint density at radius 2 is 1.84 bits per heavy atom. The molecule has 0 bridgehead atoms. The summed E-state index contributed by atoms with van der Waals surface area (Å²) in [7, 11) is 1.66. The van der Waals surface area contributed by atoms with Crippen molar-refractivity contribution in [1.82, 2.24) is 10.2 Å². The number of fused-ring (bicyclic) bond motifs is 1. The van der Waals surface area contributed by atoms with Gasteiger partial charge in [-0.3, -0.25) is 4.79 Å². The van der Waals surface area contributed by atoms with Gasteiger partial charge >= 0.3 is 0 Å². The summed E-state index contributed by atoms with van der Waals surface area (Å²) < 4.78 is 5.21. The van der Waals surface area contributed by atoms with E-state index in [0.717, 1.165) is 42.8 Å². The van der Waals surface area contributed by atoms with Crippen molar-refractivity contribution < 1.29 is 9.53 Å². The molecule has 0 spiro atoms. The normalized spacial score (nSPS) is 15.2. The maximum atomic E-state index is 13.0. The van der Waals surface area contributed by atoms with Gasteiger partial charge in [0, 0.05) is 31.2 Å². The van der Waals surface area contributed by atoms with Crippen LogP contribution in [-0.4, -0.2) is 24.0 Å². The molecule has 1 heterocycles. The molecule has 2 aromatic carbocycles. The zero-order valence-corrected chi connectivity index (χ0v) is 15.1. The Hall–Kier alpha value is -2.04. The number of nitrogens with zero attached hydrogens (tertiary/aromatic N) is 1. The van der Waals surface area contributed by atoms with E-state index in [2.05, 4.69) is 17.4 Å². The van der Waals surface area contributed by atoms with Gasteiger partial charge in [-0.2, -0.15) is 0 Å². The fourth-order valence-electron chi connectivity index (χ4n) is 3.27. The average molecular weight is 359 g/mol. The van der Waals surface area contributed by atoms with Crippen molar-refractivity contribution in [2.75, 3.05) is 7.11 Å². The molecule has 4 nitrogen and oxygen atoms in total. The van der Waals surface area contributed by atoms with Gasteiger partial charge in [-0.05, 0) is 53.8 Å². The molecule has 25 heavy (non-hydrogen) atoms. The molecule has 0 saturated heterocycles. The van der Waals surface area contributed by atoms with E-state index in [1.807, 2.05) is 35.2 Å². The van der Waals surface area contributed by atoms with Crippen molar-refractivity contribution in [3.8, 4) is 5.75 Å². The third-order valence-electron chi connectivity index (χ3n) is 4.84. The number of hydrogen-bond donors (Lipinski definition) is 1. The molecule has 1 N–H and O–H groups in total. The van der Waals surface area contributed by atoms with E-state index in [9.17, 15) is 4.79 Å². The monoisotopic (exact) mass is 358 g/mol. The minimum absolute atomic E-state index is 0. The molecule has 1 saturated carbocycles. The van der Waals surface area contributed by atoms with Crippen molar-refractivity contribution in [2.45, 2.75) is 38.5 Å². The Morgan fingerprint density at radius 3 is 2.52 bits per heavy atom. The van der Waals surface area contributed by atoms with Gasteiger partial charge in [0.2, 0.25) is 0 Å². The Labute approximate surface area is 154 Å². The lowest BCUT2D eigenvalue weighted by Crippen LogP contribution is -2.32. The number of hydrogen-bond acceptors (Lipinski definition) is 3. The summed E-state index contributed by atoms with van der Waals surface area (Å²) in [5.41, 5.74) is 4.50. The van der Waals surface area contributed by atoms with Crippen LogP contribution in [0.1, 0.15) is 39.9 Å². The Kier molecular flexibility index (Phi) is 5.30. The Morgan fingerprint density at radius 1 is 1.12 bits per heavy atom. The lowest BCUT2D eigenvalue weighted by Gasteiger charge is -2.23. The molecular formula is C20H23ClN2O2. The second kappa shape index (κ2) is 7.46. The first kappa shape index (κ1) is 17.8. The summed E-state index contributed by atoms with van der Waals surface area (Å²) >= 11 is 0. The van der Waals surface area contributed by atoms with Crippen molar-refractivity contribution in [2.24, 2.45) is 0 Å². The van der Waals surface area contributed by atoms with Crippen molar-refractivity contribution in [3.63, 3.8) is 0 Å². The highest BCUT2D eigenvalue weighted by atomic mass is 35.5. The van der Waals surface area contributed by atoms with Gasteiger partial charge in [-0.15, -0.1) is 12.4 Å². The largest absolute Gasteiger partial charge is 0.497 e. The summed E-state index contributed by atoms with van der Waals surface area (Å²) in [5.74, 6) is 0.984. The lowest BCUT2D eigenvalue weighted by atomic mass is 10.1. The van der Waals surface area contributed by atoms with Gasteiger partial charge < -0.3 is 15.0 Å². The number of benzene rings is 2.